The van der Waals surface area contributed by atoms with Gasteiger partial charge in [-0.1, -0.05) is 6.07 Å². The summed E-state index contributed by atoms with van der Waals surface area (Å²) in [5.41, 5.74) is 0.842. The average Bonchev–Trinajstić information content (AvgIpc) is 3.35. The summed E-state index contributed by atoms with van der Waals surface area (Å²) in [4.78, 5) is 40.5. The molecular formula is C27H32F3N5O3. The minimum atomic E-state index is -4.54. The van der Waals surface area contributed by atoms with Gasteiger partial charge in [0.1, 0.15) is 0 Å². The first-order valence-electron chi connectivity index (χ1n) is 12.7. The Balaban J connectivity index is 1.18. The maximum absolute atomic E-state index is 12.9. The molecule has 0 bridgehead atoms. The highest BCUT2D eigenvalue weighted by Gasteiger charge is 2.32. The lowest BCUT2D eigenvalue weighted by molar-refractivity contribution is -0.137. The van der Waals surface area contributed by atoms with E-state index in [4.69, 9.17) is 0 Å². The summed E-state index contributed by atoms with van der Waals surface area (Å²) < 4.78 is 38.6. The smallest absolute Gasteiger partial charge is 0.371 e. The van der Waals surface area contributed by atoms with E-state index >= 15 is 0 Å². The quantitative estimate of drug-likeness (QED) is 0.510. The van der Waals surface area contributed by atoms with E-state index in [1.807, 2.05) is 24.3 Å². The van der Waals surface area contributed by atoms with Gasteiger partial charge in [0, 0.05) is 62.1 Å². The molecule has 2 aromatic rings. The molecule has 38 heavy (non-hydrogen) atoms. The Kier molecular flexibility index (Phi) is 8.55. The monoisotopic (exact) mass is 531 g/mol. The first-order valence-corrected chi connectivity index (χ1v) is 12.7. The molecule has 0 aromatic heterocycles. The lowest BCUT2D eigenvalue weighted by atomic mass is 10.0. The van der Waals surface area contributed by atoms with Crippen LogP contribution in [-0.4, -0.2) is 67.4 Å². The van der Waals surface area contributed by atoms with E-state index in [1.54, 1.807) is 0 Å². The summed E-state index contributed by atoms with van der Waals surface area (Å²) in [6.07, 6.45) is -1.74. The van der Waals surface area contributed by atoms with Crippen LogP contribution in [0.5, 0.6) is 0 Å². The van der Waals surface area contributed by atoms with Gasteiger partial charge in [-0.05, 0) is 61.7 Å². The largest absolute Gasteiger partial charge is 0.416 e. The Morgan fingerprint density at radius 2 is 1.68 bits per heavy atom. The number of likely N-dealkylation sites (tertiary alicyclic amines) is 1. The molecule has 2 aromatic carbocycles. The number of rotatable bonds is 7. The first kappa shape index (κ1) is 27.4. The molecule has 2 heterocycles. The Morgan fingerprint density at radius 1 is 0.974 bits per heavy atom. The van der Waals surface area contributed by atoms with Crippen LogP contribution in [0.4, 0.5) is 24.5 Å². The highest BCUT2D eigenvalue weighted by molar-refractivity contribution is 5.96. The third kappa shape index (κ3) is 7.25. The van der Waals surface area contributed by atoms with Crippen molar-refractivity contribution < 1.29 is 27.6 Å². The fourth-order valence-electron chi connectivity index (χ4n) is 5.06. The highest BCUT2D eigenvalue weighted by Crippen LogP contribution is 2.29. The number of hydrogen-bond acceptors (Lipinski definition) is 5. The molecule has 0 aliphatic carbocycles. The van der Waals surface area contributed by atoms with Crippen molar-refractivity contribution >= 4 is 29.1 Å². The van der Waals surface area contributed by atoms with Gasteiger partial charge in [0.2, 0.25) is 11.8 Å². The fourth-order valence-corrected chi connectivity index (χ4v) is 5.06. The highest BCUT2D eigenvalue weighted by atomic mass is 19.4. The number of benzene rings is 2. The summed E-state index contributed by atoms with van der Waals surface area (Å²) in [6.45, 7) is 4.61. The first-order chi connectivity index (χ1) is 18.1. The average molecular weight is 532 g/mol. The van der Waals surface area contributed by atoms with Crippen LogP contribution in [0.1, 0.15) is 42.1 Å². The number of amides is 3. The molecule has 0 radical (unpaired) electrons. The number of halogens is 3. The van der Waals surface area contributed by atoms with Gasteiger partial charge in [-0.3, -0.25) is 19.3 Å². The molecule has 2 aliphatic heterocycles. The maximum atomic E-state index is 12.9. The van der Waals surface area contributed by atoms with Crippen molar-refractivity contribution in [1.29, 1.82) is 0 Å². The van der Waals surface area contributed by atoms with Gasteiger partial charge in [0.25, 0.3) is 5.91 Å². The number of carbonyl (C=O) groups is 3. The minimum Gasteiger partial charge on any atom is -0.371 e. The predicted molar refractivity (Wildman–Crippen MR) is 138 cm³/mol. The van der Waals surface area contributed by atoms with Gasteiger partial charge in [-0.25, -0.2) is 0 Å². The SMILES string of the molecule is CC(=O)Nc1ccc(N2CCC(N3CCC(NC(=O)CNC(=O)c4cccc(C(F)(F)F)c4)C3)CC2)cc1. The molecule has 2 aliphatic rings. The maximum Gasteiger partial charge on any atom is 0.416 e. The Bertz CT molecular complexity index is 1150. The topological polar surface area (TPSA) is 93.8 Å². The molecule has 8 nitrogen and oxygen atoms in total. The van der Waals surface area contributed by atoms with Crippen molar-refractivity contribution in [3.8, 4) is 0 Å². The second kappa shape index (κ2) is 11.8. The van der Waals surface area contributed by atoms with Crippen molar-refractivity contribution in [2.75, 3.05) is 42.9 Å². The van der Waals surface area contributed by atoms with Crippen LogP contribution in [-0.2, 0) is 15.8 Å². The van der Waals surface area contributed by atoms with Crippen molar-refractivity contribution in [2.24, 2.45) is 0 Å². The van der Waals surface area contributed by atoms with Crippen LogP contribution in [0.2, 0.25) is 0 Å². The second-order valence-electron chi connectivity index (χ2n) is 9.76. The van der Waals surface area contributed by atoms with Gasteiger partial charge < -0.3 is 20.9 Å². The van der Waals surface area contributed by atoms with Crippen molar-refractivity contribution in [3.05, 3.63) is 59.7 Å². The summed E-state index contributed by atoms with van der Waals surface area (Å²) in [5.74, 6) is -1.19. The van der Waals surface area contributed by atoms with Gasteiger partial charge in [-0.2, -0.15) is 13.2 Å². The molecule has 0 saturated carbocycles. The van der Waals surface area contributed by atoms with E-state index in [1.165, 1.54) is 19.1 Å². The lowest BCUT2D eigenvalue weighted by Gasteiger charge is -2.38. The van der Waals surface area contributed by atoms with E-state index in [9.17, 15) is 27.6 Å². The number of carbonyl (C=O) groups excluding carboxylic acids is 3. The van der Waals surface area contributed by atoms with Crippen LogP contribution in [0, 0.1) is 0 Å². The van der Waals surface area contributed by atoms with E-state index in [0.717, 1.165) is 68.9 Å². The molecule has 3 N–H and O–H groups in total. The number of anilines is 2. The summed E-state index contributed by atoms with van der Waals surface area (Å²) in [6, 6.07) is 12.3. The van der Waals surface area contributed by atoms with Gasteiger partial charge in [-0.15, -0.1) is 0 Å². The Hall–Kier alpha value is -3.60. The van der Waals surface area contributed by atoms with Gasteiger partial charge in [0.05, 0.1) is 12.1 Å². The molecule has 2 saturated heterocycles. The molecule has 1 unspecified atom stereocenters. The Morgan fingerprint density at radius 3 is 2.34 bits per heavy atom. The number of alkyl halides is 3. The molecule has 1 atom stereocenters. The van der Waals surface area contributed by atoms with E-state index in [2.05, 4.69) is 25.8 Å². The van der Waals surface area contributed by atoms with Gasteiger partial charge >= 0.3 is 6.18 Å². The third-order valence-electron chi connectivity index (χ3n) is 6.98. The molecule has 0 spiro atoms. The lowest BCUT2D eigenvalue weighted by Crippen LogP contribution is -2.46. The molecule has 4 rings (SSSR count). The molecule has 11 heteroatoms. The predicted octanol–water partition coefficient (Wildman–Crippen LogP) is 3.25. The molecule has 3 amide bonds. The molecule has 2 fully saturated rings. The number of piperidine rings is 1. The third-order valence-corrected chi connectivity index (χ3v) is 6.98. The zero-order valence-corrected chi connectivity index (χ0v) is 21.2. The summed E-state index contributed by atoms with van der Waals surface area (Å²) in [5, 5.41) is 8.10. The Labute approximate surface area is 219 Å². The second-order valence-corrected chi connectivity index (χ2v) is 9.76. The standard InChI is InChI=1S/C27H32F3N5O3/c1-18(36)32-21-5-7-23(8-6-21)34-13-10-24(11-14-34)35-12-9-22(17-35)33-25(37)16-31-26(38)19-3-2-4-20(15-19)27(28,29)30/h2-8,15,22,24H,9-14,16-17H2,1H3,(H,31,38)(H,32,36)(H,33,37). The number of nitrogens with zero attached hydrogens (tertiary/aromatic N) is 2. The van der Waals surface area contributed by atoms with Crippen LogP contribution in [0.15, 0.2) is 48.5 Å². The van der Waals surface area contributed by atoms with Crippen LogP contribution in [0.3, 0.4) is 0 Å². The van der Waals surface area contributed by atoms with E-state index in [-0.39, 0.29) is 30.0 Å². The van der Waals surface area contributed by atoms with Crippen LogP contribution < -0.4 is 20.9 Å². The number of nitrogens with one attached hydrogen (secondary N) is 3. The normalized spacial score (nSPS) is 18.7. The van der Waals surface area contributed by atoms with E-state index < -0.39 is 17.6 Å². The van der Waals surface area contributed by atoms with Crippen molar-refractivity contribution in [1.82, 2.24) is 15.5 Å². The van der Waals surface area contributed by atoms with Gasteiger partial charge in [0.15, 0.2) is 0 Å². The zero-order valence-electron chi connectivity index (χ0n) is 21.2. The summed E-state index contributed by atoms with van der Waals surface area (Å²) in [7, 11) is 0. The fraction of sp³-hybridized carbons (Fsp3) is 0.444. The molecular weight excluding hydrogens is 499 g/mol. The van der Waals surface area contributed by atoms with Crippen molar-refractivity contribution in [3.63, 3.8) is 0 Å². The molecule has 204 valence electrons. The minimum absolute atomic E-state index is 0.0349. The number of hydrogen-bond donors (Lipinski definition) is 3. The van der Waals surface area contributed by atoms with Crippen molar-refractivity contribution in [2.45, 2.75) is 44.4 Å². The van der Waals surface area contributed by atoms with E-state index in [0.29, 0.717) is 6.04 Å². The zero-order chi connectivity index (χ0) is 27.3. The van der Waals surface area contributed by atoms with Crippen LogP contribution >= 0.6 is 0 Å². The van der Waals surface area contributed by atoms with Crippen LogP contribution in [0.25, 0.3) is 0 Å². The summed E-state index contributed by atoms with van der Waals surface area (Å²) >= 11 is 0.